The van der Waals surface area contributed by atoms with E-state index in [1.54, 1.807) is 0 Å². The third kappa shape index (κ3) is 4.07. The van der Waals surface area contributed by atoms with Gasteiger partial charge in [-0.25, -0.2) is 14.8 Å². The number of carbonyl (C=O) groups excluding carboxylic acids is 1. The summed E-state index contributed by atoms with van der Waals surface area (Å²) in [5.74, 6) is 1.09. The highest BCUT2D eigenvalue weighted by Gasteiger charge is 2.31. The fraction of sp³-hybridized carbons (Fsp3) is 0.577. The molecule has 6 heterocycles. The molecule has 7 nitrogen and oxygen atoms in total. The summed E-state index contributed by atoms with van der Waals surface area (Å²) in [5, 5.41) is 2.36. The number of aromatic nitrogens is 3. The number of nitrogens with zero attached hydrogens (tertiary/aromatic N) is 5. The van der Waals surface area contributed by atoms with Crippen molar-refractivity contribution in [1.29, 1.82) is 0 Å². The minimum atomic E-state index is 0.262. The average molecular weight is 447 g/mol. The first-order chi connectivity index (χ1) is 16.3. The Hall–Kier alpha value is -2.67. The molecule has 1 N–H and O–H groups in total. The Balaban J connectivity index is 1.12. The Morgan fingerprint density at radius 1 is 0.970 bits per heavy atom. The van der Waals surface area contributed by atoms with Crippen LogP contribution in [0.15, 0.2) is 30.7 Å². The van der Waals surface area contributed by atoms with E-state index in [2.05, 4.69) is 41.8 Å². The molecule has 0 spiro atoms. The van der Waals surface area contributed by atoms with Crippen molar-refractivity contribution in [1.82, 2.24) is 29.7 Å². The molecule has 3 aliphatic rings. The van der Waals surface area contributed by atoms with E-state index in [1.807, 2.05) is 18.6 Å². The summed E-state index contributed by atoms with van der Waals surface area (Å²) in [6, 6.07) is 4.54. The lowest BCUT2D eigenvalue weighted by molar-refractivity contribution is 0.109. The van der Waals surface area contributed by atoms with Crippen molar-refractivity contribution in [2.24, 2.45) is 5.92 Å². The molecule has 2 amide bonds. The van der Waals surface area contributed by atoms with Gasteiger partial charge in [-0.1, -0.05) is 0 Å². The Labute approximate surface area is 195 Å². The Kier molecular flexibility index (Phi) is 5.66. The van der Waals surface area contributed by atoms with Crippen LogP contribution in [0.4, 0.5) is 4.79 Å². The zero-order chi connectivity index (χ0) is 22.2. The number of urea groups is 1. The van der Waals surface area contributed by atoms with Crippen LogP contribution in [0.5, 0.6) is 0 Å². The monoisotopic (exact) mass is 446 g/mol. The number of pyridine rings is 2. The van der Waals surface area contributed by atoms with Crippen molar-refractivity contribution in [2.75, 3.05) is 45.8 Å². The fourth-order valence-electron chi connectivity index (χ4n) is 6.32. The number of rotatable bonds is 3. The highest BCUT2D eigenvalue weighted by atomic mass is 16.2. The van der Waals surface area contributed by atoms with Crippen molar-refractivity contribution in [3.63, 3.8) is 0 Å². The van der Waals surface area contributed by atoms with Crippen LogP contribution in [0, 0.1) is 5.92 Å². The second-order valence-electron chi connectivity index (χ2n) is 10.2. The number of nitrogens with one attached hydrogen (secondary N) is 1. The smallest absolute Gasteiger partial charge is 0.320 e. The number of carbonyl (C=O) groups is 1. The van der Waals surface area contributed by atoms with E-state index in [9.17, 15) is 4.79 Å². The quantitative estimate of drug-likeness (QED) is 0.654. The van der Waals surface area contributed by atoms with Crippen molar-refractivity contribution >= 4 is 28.0 Å². The van der Waals surface area contributed by atoms with Gasteiger partial charge in [0.15, 0.2) is 5.65 Å². The highest BCUT2D eigenvalue weighted by Crippen LogP contribution is 2.35. The number of likely N-dealkylation sites (tertiary alicyclic amines) is 3. The summed E-state index contributed by atoms with van der Waals surface area (Å²) < 4.78 is 0. The minimum Gasteiger partial charge on any atom is -0.360 e. The summed E-state index contributed by atoms with van der Waals surface area (Å²) in [5.41, 5.74) is 3.23. The topological polar surface area (TPSA) is 68.4 Å². The molecule has 3 aromatic heterocycles. The molecule has 3 aliphatic heterocycles. The van der Waals surface area contributed by atoms with E-state index < -0.39 is 0 Å². The Morgan fingerprint density at radius 3 is 2.67 bits per heavy atom. The number of hydrogen-bond acceptors (Lipinski definition) is 4. The Morgan fingerprint density at radius 2 is 1.82 bits per heavy atom. The van der Waals surface area contributed by atoms with Gasteiger partial charge >= 0.3 is 6.03 Å². The maximum absolute atomic E-state index is 13.3. The summed E-state index contributed by atoms with van der Waals surface area (Å²) in [6.07, 6.45) is 12.8. The van der Waals surface area contributed by atoms with Crippen LogP contribution >= 0.6 is 0 Å². The van der Waals surface area contributed by atoms with E-state index in [4.69, 9.17) is 0 Å². The number of aromatic amines is 1. The van der Waals surface area contributed by atoms with Crippen LogP contribution in [0.3, 0.4) is 0 Å². The van der Waals surface area contributed by atoms with Crippen molar-refractivity contribution in [3.05, 3.63) is 36.3 Å². The third-order valence-corrected chi connectivity index (χ3v) is 8.03. The van der Waals surface area contributed by atoms with Crippen molar-refractivity contribution in [3.8, 4) is 0 Å². The maximum atomic E-state index is 13.3. The zero-order valence-electron chi connectivity index (χ0n) is 19.4. The molecule has 0 aromatic carbocycles. The average Bonchev–Trinajstić information content (AvgIpc) is 3.55. The van der Waals surface area contributed by atoms with Crippen molar-refractivity contribution in [2.45, 2.75) is 44.4 Å². The molecule has 3 saturated heterocycles. The number of fused-ring (bicyclic) bond motifs is 3. The van der Waals surface area contributed by atoms with Crippen LogP contribution in [0.25, 0.3) is 21.9 Å². The van der Waals surface area contributed by atoms with Gasteiger partial charge < -0.3 is 19.7 Å². The molecule has 1 unspecified atom stereocenters. The minimum absolute atomic E-state index is 0.262. The lowest BCUT2D eigenvalue weighted by Gasteiger charge is -2.40. The Bertz CT molecular complexity index is 1130. The highest BCUT2D eigenvalue weighted by molar-refractivity contribution is 6.05. The lowest BCUT2D eigenvalue weighted by Crippen LogP contribution is -2.50. The van der Waals surface area contributed by atoms with Crippen molar-refractivity contribution < 1.29 is 4.79 Å². The number of piperidine rings is 2. The molecule has 33 heavy (non-hydrogen) atoms. The first kappa shape index (κ1) is 20.9. The maximum Gasteiger partial charge on any atom is 0.320 e. The molecule has 174 valence electrons. The molecule has 6 rings (SSSR count). The summed E-state index contributed by atoms with van der Waals surface area (Å²) in [6.45, 7) is 7.19. The molecule has 0 saturated carbocycles. The van der Waals surface area contributed by atoms with Crippen LogP contribution in [0.2, 0.25) is 0 Å². The predicted octanol–water partition coefficient (Wildman–Crippen LogP) is 4.22. The molecule has 3 fully saturated rings. The van der Waals surface area contributed by atoms with E-state index in [0.717, 1.165) is 62.0 Å². The molecule has 0 radical (unpaired) electrons. The molecular weight excluding hydrogens is 412 g/mol. The zero-order valence-corrected chi connectivity index (χ0v) is 19.4. The number of amides is 2. The van der Waals surface area contributed by atoms with Crippen LogP contribution in [-0.4, -0.2) is 81.5 Å². The molecule has 0 aliphatic carbocycles. The number of H-pyrrole nitrogens is 1. The van der Waals surface area contributed by atoms with Gasteiger partial charge in [0, 0.05) is 55.9 Å². The lowest BCUT2D eigenvalue weighted by atomic mass is 9.87. The fourth-order valence-corrected chi connectivity index (χ4v) is 6.32. The second kappa shape index (κ2) is 8.93. The first-order valence-electron chi connectivity index (χ1n) is 12.7. The van der Waals surface area contributed by atoms with E-state index in [-0.39, 0.29) is 6.03 Å². The largest absolute Gasteiger partial charge is 0.360 e. The normalized spacial score (nSPS) is 23.1. The van der Waals surface area contributed by atoms with Gasteiger partial charge in [-0.3, -0.25) is 0 Å². The van der Waals surface area contributed by atoms with E-state index in [1.165, 1.54) is 49.8 Å². The second-order valence-corrected chi connectivity index (χ2v) is 10.2. The van der Waals surface area contributed by atoms with Gasteiger partial charge in [0.1, 0.15) is 0 Å². The summed E-state index contributed by atoms with van der Waals surface area (Å²) in [4.78, 5) is 32.4. The van der Waals surface area contributed by atoms with Gasteiger partial charge in [-0.15, -0.1) is 0 Å². The van der Waals surface area contributed by atoms with Gasteiger partial charge in [-0.05, 0) is 81.1 Å². The predicted molar refractivity (Wildman–Crippen MR) is 130 cm³/mol. The SMILES string of the molecule is O=C(N1CCC(c2cc[nH]c3cnc4nccc4c23)CC1)N1CCCC(CN2CCCC2)C1. The summed E-state index contributed by atoms with van der Waals surface area (Å²) >= 11 is 0. The van der Waals surface area contributed by atoms with Gasteiger partial charge in [0.2, 0.25) is 0 Å². The van der Waals surface area contributed by atoms with Gasteiger partial charge in [0.25, 0.3) is 0 Å². The molecule has 7 heteroatoms. The summed E-state index contributed by atoms with van der Waals surface area (Å²) in [7, 11) is 0. The van der Waals surface area contributed by atoms with Gasteiger partial charge in [0.05, 0.1) is 11.7 Å². The van der Waals surface area contributed by atoms with E-state index in [0.29, 0.717) is 11.8 Å². The van der Waals surface area contributed by atoms with Crippen LogP contribution in [0.1, 0.15) is 50.0 Å². The third-order valence-electron chi connectivity index (χ3n) is 8.03. The molecule has 1 atom stereocenters. The first-order valence-corrected chi connectivity index (χ1v) is 12.7. The van der Waals surface area contributed by atoms with Gasteiger partial charge in [-0.2, -0.15) is 0 Å². The van der Waals surface area contributed by atoms with Crippen LogP contribution in [-0.2, 0) is 0 Å². The molecule has 0 bridgehead atoms. The standard InChI is InChI=1S/C26H34N6O/c33-26(32-13-3-4-19(18-32)17-30-11-1-2-12-30)31-14-7-20(8-15-31)21-5-9-27-23-16-29-25-22(24(21)23)6-10-28-25/h5-6,9-10,16,19-20,27H,1-4,7-8,11-15,17-18H2. The van der Waals surface area contributed by atoms with E-state index >= 15 is 0 Å². The molecule has 3 aromatic rings. The van der Waals surface area contributed by atoms with Crippen LogP contribution < -0.4 is 0 Å². The molecular formula is C26H34N6O. The number of hydrogen-bond donors (Lipinski definition) is 1.